The first-order valence-corrected chi connectivity index (χ1v) is 12.0. The number of carbonyl (C=O) groups excluding carboxylic acids is 1. The van der Waals surface area contributed by atoms with Crippen molar-refractivity contribution >= 4 is 23.6 Å². The monoisotopic (exact) mass is 517 g/mol. The van der Waals surface area contributed by atoms with Gasteiger partial charge in [-0.2, -0.15) is 4.68 Å². The smallest absolute Gasteiger partial charge is 0.275 e. The van der Waals surface area contributed by atoms with Crippen LogP contribution >= 0.6 is 0 Å². The lowest BCUT2D eigenvalue weighted by Gasteiger charge is -2.27. The molecular weight excluding hydrogens is 480 g/mol. The Balaban J connectivity index is 0.000000874. The molecule has 0 aromatic carbocycles. The number of nitrogens with one attached hydrogen (secondary N) is 1. The van der Waals surface area contributed by atoms with Crippen LogP contribution in [0, 0.1) is 0 Å². The second-order valence-electron chi connectivity index (χ2n) is 8.68. The first-order valence-electron chi connectivity index (χ1n) is 12.0. The van der Waals surface area contributed by atoms with Gasteiger partial charge in [0, 0.05) is 37.5 Å². The number of alkyl halides is 2. The van der Waals surface area contributed by atoms with Crippen LogP contribution in [0.2, 0.25) is 0 Å². The SMILES string of the molecule is C=C/C(=C\C=C(C)C)n1nc(Nc2cccn(C)c2=O)c2c(c1=O)CCN(C=O)C2.CC.CC(C)(F)F. The highest BCUT2D eigenvalue weighted by Crippen LogP contribution is 2.24. The Hall–Kier alpha value is -3.82. The van der Waals surface area contributed by atoms with Gasteiger partial charge in [-0.15, -0.1) is 5.10 Å². The van der Waals surface area contributed by atoms with E-state index in [1.807, 2.05) is 33.8 Å². The zero-order valence-electron chi connectivity index (χ0n) is 22.6. The highest BCUT2D eigenvalue weighted by atomic mass is 19.3. The summed E-state index contributed by atoms with van der Waals surface area (Å²) in [6, 6.07) is 3.40. The number of fused-ring (bicyclic) bond motifs is 1. The zero-order chi connectivity index (χ0) is 28.3. The number of halogens is 2. The molecule has 0 fully saturated rings. The van der Waals surface area contributed by atoms with E-state index in [1.54, 1.807) is 42.4 Å². The van der Waals surface area contributed by atoms with Crippen molar-refractivity contribution in [3.63, 3.8) is 0 Å². The van der Waals surface area contributed by atoms with Gasteiger partial charge in [0.1, 0.15) is 5.69 Å². The van der Waals surface area contributed by atoms with Gasteiger partial charge in [-0.3, -0.25) is 14.4 Å². The third kappa shape index (κ3) is 9.29. The van der Waals surface area contributed by atoms with Crippen LogP contribution in [-0.4, -0.2) is 38.1 Å². The number of carbonyl (C=O) groups is 1. The van der Waals surface area contributed by atoms with Gasteiger partial charge in [0.15, 0.2) is 5.82 Å². The molecule has 37 heavy (non-hydrogen) atoms. The van der Waals surface area contributed by atoms with Crippen molar-refractivity contribution in [1.29, 1.82) is 0 Å². The molecule has 1 N–H and O–H groups in total. The predicted octanol–water partition coefficient (Wildman–Crippen LogP) is 4.88. The Kier molecular flexibility index (Phi) is 11.9. The Labute approximate surface area is 216 Å². The van der Waals surface area contributed by atoms with Gasteiger partial charge >= 0.3 is 0 Å². The quantitative estimate of drug-likeness (QED) is 0.436. The Morgan fingerprint density at radius 1 is 1.14 bits per heavy atom. The molecule has 0 radical (unpaired) electrons. The fraction of sp³-hybridized carbons (Fsp3) is 0.407. The minimum Gasteiger partial charge on any atom is -0.340 e. The highest BCUT2D eigenvalue weighted by molar-refractivity contribution is 5.64. The van der Waals surface area contributed by atoms with Crippen molar-refractivity contribution in [3.8, 4) is 0 Å². The molecule has 0 saturated carbocycles. The number of rotatable bonds is 6. The summed E-state index contributed by atoms with van der Waals surface area (Å²) in [6.07, 6.45) is 8.02. The molecule has 0 atom stereocenters. The number of aryl methyl sites for hydroxylation is 1. The Bertz CT molecular complexity index is 1260. The number of amides is 1. The van der Waals surface area contributed by atoms with E-state index in [1.165, 1.54) is 9.25 Å². The number of allylic oxidation sites excluding steroid dienone is 5. The molecule has 3 rings (SSSR count). The lowest BCUT2D eigenvalue weighted by Crippen LogP contribution is -2.37. The number of hydrogen-bond donors (Lipinski definition) is 1. The zero-order valence-corrected chi connectivity index (χ0v) is 22.6. The minimum absolute atomic E-state index is 0.224. The summed E-state index contributed by atoms with van der Waals surface area (Å²) in [5.41, 5.74) is 2.62. The van der Waals surface area contributed by atoms with Crippen LogP contribution in [0.4, 0.5) is 20.3 Å². The molecule has 0 bridgehead atoms. The molecule has 2 aromatic rings. The van der Waals surface area contributed by atoms with E-state index in [2.05, 4.69) is 17.0 Å². The van der Waals surface area contributed by atoms with Crippen LogP contribution in [0.3, 0.4) is 0 Å². The van der Waals surface area contributed by atoms with E-state index in [0.717, 1.165) is 25.8 Å². The summed E-state index contributed by atoms with van der Waals surface area (Å²) >= 11 is 0. The highest BCUT2D eigenvalue weighted by Gasteiger charge is 2.25. The van der Waals surface area contributed by atoms with E-state index in [0.29, 0.717) is 41.3 Å². The molecule has 0 saturated heterocycles. The van der Waals surface area contributed by atoms with Crippen LogP contribution in [0.25, 0.3) is 5.70 Å². The van der Waals surface area contributed by atoms with Gasteiger partial charge in [0.05, 0.1) is 5.70 Å². The van der Waals surface area contributed by atoms with Crippen molar-refractivity contribution in [1.82, 2.24) is 19.2 Å². The summed E-state index contributed by atoms with van der Waals surface area (Å²) in [4.78, 5) is 38.5. The summed E-state index contributed by atoms with van der Waals surface area (Å²) in [6.45, 7) is 14.1. The molecule has 10 heteroatoms. The molecule has 3 heterocycles. The topological polar surface area (TPSA) is 89.2 Å². The van der Waals surface area contributed by atoms with Gasteiger partial charge in [-0.1, -0.05) is 32.1 Å². The number of nitrogens with zero attached hydrogens (tertiary/aromatic N) is 4. The third-order valence-corrected chi connectivity index (χ3v) is 4.88. The summed E-state index contributed by atoms with van der Waals surface area (Å²) < 4.78 is 24.8. The standard InChI is InChI=1S/C22H25N5O3.C3H6F2.C2H6/c1-5-16(9-8-15(2)3)27-21(29)17-10-12-26(14-28)13-18(17)20(24-27)23-19-7-6-11-25(4)22(19)30;1-3(2,4)5;1-2/h5-9,11,14H,1,10,12-13H2,2-4H3,(H,23,24);1-2H3;1-2H3/b16-9+;;. The number of pyridine rings is 1. The normalized spacial score (nSPS) is 12.7. The molecule has 0 aliphatic carbocycles. The van der Waals surface area contributed by atoms with Crippen molar-refractivity contribution in [2.45, 2.75) is 60.4 Å². The van der Waals surface area contributed by atoms with Gasteiger partial charge < -0.3 is 14.8 Å². The average Bonchev–Trinajstić information content (AvgIpc) is 2.84. The van der Waals surface area contributed by atoms with E-state index in [9.17, 15) is 23.2 Å². The van der Waals surface area contributed by atoms with Crippen LogP contribution < -0.4 is 16.4 Å². The summed E-state index contributed by atoms with van der Waals surface area (Å²) in [5.74, 6) is -2.13. The second kappa shape index (κ2) is 14.1. The van der Waals surface area contributed by atoms with E-state index < -0.39 is 5.92 Å². The lowest BCUT2D eigenvalue weighted by atomic mass is 10.0. The van der Waals surface area contributed by atoms with Crippen molar-refractivity contribution in [3.05, 3.63) is 80.5 Å². The molecular formula is C27H37F2N5O3. The minimum atomic E-state index is -2.50. The maximum atomic E-state index is 13.2. The molecule has 0 unspecified atom stereocenters. The average molecular weight is 518 g/mol. The van der Waals surface area contributed by atoms with Crippen LogP contribution in [0.1, 0.15) is 52.7 Å². The van der Waals surface area contributed by atoms with Crippen molar-refractivity contribution in [2.24, 2.45) is 7.05 Å². The molecule has 2 aromatic heterocycles. The lowest BCUT2D eigenvalue weighted by molar-refractivity contribution is -0.118. The maximum absolute atomic E-state index is 13.2. The molecule has 1 aliphatic rings. The number of anilines is 2. The van der Waals surface area contributed by atoms with Crippen molar-refractivity contribution < 1.29 is 13.6 Å². The second-order valence-corrected chi connectivity index (χ2v) is 8.68. The number of aromatic nitrogens is 3. The maximum Gasteiger partial charge on any atom is 0.275 e. The molecule has 1 aliphatic heterocycles. The van der Waals surface area contributed by atoms with Gasteiger partial charge in [-0.25, -0.2) is 8.78 Å². The van der Waals surface area contributed by atoms with Crippen molar-refractivity contribution in [2.75, 3.05) is 11.9 Å². The fourth-order valence-electron chi connectivity index (χ4n) is 3.23. The Morgan fingerprint density at radius 3 is 2.30 bits per heavy atom. The molecule has 8 nitrogen and oxygen atoms in total. The number of hydrogen-bond acceptors (Lipinski definition) is 5. The molecule has 0 spiro atoms. The van der Waals surface area contributed by atoms with Crippen LogP contribution in [0.15, 0.2) is 58.3 Å². The van der Waals surface area contributed by atoms with Gasteiger partial charge in [0.25, 0.3) is 11.1 Å². The predicted molar refractivity (Wildman–Crippen MR) is 145 cm³/mol. The van der Waals surface area contributed by atoms with E-state index in [-0.39, 0.29) is 17.7 Å². The van der Waals surface area contributed by atoms with E-state index in [4.69, 9.17) is 0 Å². The van der Waals surface area contributed by atoms with Crippen LogP contribution in [-0.2, 0) is 24.8 Å². The summed E-state index contributed by atoms with van der Waals surface area (Å²) in [7, 11) is 1.66. The fourth-order valence-corrected chi connectivity index (χ4v) is 3.23. The molecule has 202 valence electrons. The Morgan fingerprint density at radius 2 is 1.76 bits per heavy atom. The van der Waals surface area contributed by atoms with Gasteiger partial charge in [0.2, 0.25) is 12.3 Å². The third-order valence-electron chi connectivity index (χ3n) is 4.88. The van der Waals surface area contributed by atoms with E-state index >= 15 is 0 Å². The largest absolute Gasteiger partial charge is 0.340 e. The first-order chi connectivity index (χ1) is 17.3. The molecule has 1 amide bonds. The summed E-state index contributed by atoms with van der Waals surface area (Å²) in [5, 5.41) is 7.58. The van der Waals surface area contributed by atoms with Crippen LogP contribution in [0.5, 0.6) is 0 Å². The first kappa shape index (κ1) is 31.2. The van der Waals surface area contributed by atoms with Gasteiger partial charge in [-0.05, 0) is 58.4 Å².